The topological polar surface area (TPSA) is 41.9 Å². The Labute approximate surface area is 107 Å². The van der Waals surface area contributed by atoms with Crippen molar-refractivity contribution < 1.29 is 14.7 Å². The van der Waals surface area contributed by atoms with Crippen molar-refractivity contribution in [3.63, 3.8) is 0 Å². The van der Waals surface area contributed by atoms with Gasteiger partial charge in [0, 0.05) is 6.42 Å². The number of hydrogen-bond donors (Lipinski definition) is 1. The Morgan fingerprint density at radius 3 is 2.78 bits per heavy atom. The maximum atomic E-state index is 9.62. The van der Waals surface area contributed by atoms with Gasteiger partial charge < -0.3 is 9.84 Å². The number of hydrogen-bond acceptors (Lipinski definition) is 4. The summed E-state index contributed by atoms with van der Waals surface area (Å²) in [6.07, 6.45) is -0.0621. The predicted octanol–water partition coefficient (Wildman–Crippen LogP) is 1.86. The molecule has 1 aromatic rings. The van der Waals surface area contributed by atoms with Crippen LogP contribution < -0.4 is 0 Å². The Hall–Kier alpha value is -0.940. The molecule has 0 saturated carbocycles. The molecule has 5 atom stereocenters. The molecule has 18 heavy (non-hydrogen) atoms. The summed E-state index contributed by atoms with van der Waals surface area (Å²) in [6, 6.07) is 10.6. The van der Waals surface area contributed by atoms with Gasteiger partial charge in [0.1, 0.15) is 12.2 Å². The van der Waals surface area contributed by atoms with Crippen LogP contribution in [0.2, 0.25) is 0 Å². The average Bonchev–Trinajstić information content (AvgIpc) is 2.89. The highest BCUT2D eigenvalue weighted by molar-refractivity contribution is 5.18. The third-order valence-electron chi connectivity index (χ3n) is 3.88. The van der Waals surface area contributed by atoms with E-state index in [1.165, 1.54) is 5.56 Å². The van der Waals surface area contributed by atoms with Gasteiger partial charge in [-0.05, 0) is 19.4 Å². The molecule has 2 saturated heterocycles. The zero-order valence-corrected chi connectivity index (χ0v) is 10.7. The molecule has 2 aliphatic heterocycles. The van der Waals surface area contributed by atoms with E-state index in [1.54, 1.807) is 0 Å². The van der Waals surface area contributed by atoms with Crippen LogP contribution in [0.1, 0.15) is 31.9 Å². The number of aliphatic hydroxyl groups excluding tert-OH is 1. The summed E-state index contributed by atoms with van der Waals surface area (Å²) in [7, 11) is 0. The number of benzene rings is 1. The van der Waals surface area contributed by atoms with Crippen LogP contribution in [-0.4, -0.2) is 34.7 Å². The third kappa shape index (κ3) is 1.95. The van der Waals surface area contributed by atoms with E-state index in [1.807, 2.05) is 30.2 Å². The molecule has 2 fully saturated rings. The normalized spacial score (nSPS) is 37.7. The van der Waals surface area contributed by atoms with Crippen molar-refractivity contribution in [2.75, 3.05) is 0 Å². The van der Waals surface area contributed by atoms with Crippen molar-refractivity contribution in [3.05, 3.63) is 35.9 Å². The van der Waals surface area contributed by atoms with E-state index in [-0.39, 0.29) is 24.3 Å². The standard InChI is InChI=1S/C14H19NO3/c1-9(11-6-4-3-5-7-11)15-12-8-13(16)17-14(12)10(2)18-15/h3-7,9-10,12-14,16H,8H2,1-2H3/t9-,10-,12-,13?,14-/m0/s1. The number of hydroxylamine groups is 2. The summed E-state index contributed by atoms with van der Waals surface area (Å²) in [5.41, 5.74) is 1.21. The minimum atomic E-state index is -0.656. The van der Waals surface area contributed by atoms with Gasteiger partial charge in [0.2, 0.25) is 0 Å². The molecule has 0 bridgehead atoms. The highest BCUT2D eigenvalue weighted by Gasteiger charge is 2.50. The maximum Gasteiger partial charge on any atom is 0.156 e. The van der Waals surface area contributed by atoms with Crippen molar-refractivity contribution in [1.82, 2.24) is 5.06 Å². The molecule has 4 nitrogen and oxygen atoms in total. The van der Waals surface area contributed by atoms with E-state index < -0.39 is 6.29 Å². The van der Waals surface area contributed by atoms with Crippen LogP contribution >= 0.6 is 0 Å². The minimum absolute atomic E-state index is 0.00156. The summed E-state index contributed by atoms with van der Waals surface area (Å²) in [4.78, 5) is 5.89. The van der Waals surface area contributed by atoms with Crippen molar-refractivity contribution in [2.45, 2.75) is 50.8 Å². The fraction of sp³-hybridized carbons (Fsp3) is 0.571. The van der Waals surface area contributed by atoms with Gasteiger partial charge in [-0.3, -0.25) is 4.84 Å². The minimum Gasteiger partial charge on any atom is -0.368 e. The zero-order valence-electron chi connectivity index (χ0n) is 10.7. The van der Waals surface area contributed by atoms with E-state index in [4.69, 9.17) is 9.57 Å². The van der Waals surface area contributed by atoms with E-state index in [0.29, 0.717) is 6.42 Å². The summed E-state index contributed by atoms with van der Waals surface area (Å²) in [5.74, 6) is 0. The molecule has 1 aromatic carbocycles. The maximum absolute atomic E-state index is 9.62. The second-order valence-electron chi connectivity index (χ2n) is 5.12. The van der Waals surface area contributed by atoms with Gasteiger partial charge in [-0.15, -0.1) is 0 Å². The molecule has 0 aliphatic carbocycles. The first-order valence-corrected chi connectivity index (χ1v) is 6.50. The summed E-state index contributed by atoms with van der Waals surface area (Å²) in [5, 5.41) is 11.6. The quantitative estimate of drug-likeness (QED) is 0.868. The first-order valence-electron chi connectivity index (χ1n) is 6.50. The SMILES string of the molecule is C[C@@H]1ON([C@@H](C)c2ccccc2)[C@H]2CC(O)O[C@@H]12. The van der Waals surface area contributed by atoms with E-state index in [0.717, 1.165) is 0 Å². The molecule has 0 spiro atoms. The van der Waals surface area contributed by atoms with E-state index in [9.17, 15) is 5.11 Å². The lowest BCUT2D eigenvalue weighted by molar-refractivity contribution is -0.202. The Morgan fingerprint density at radius 1 is 1.33 bits per heavy atom. The average molecular weight is 249 g/mol. The van der Waals surface area contributed by atoms with Gasteiger partial charge in [0.05, 0.1) is 12.1 Å². The van der Waals surface area contributed by atoms with Crippen molar-refractivity contribution in [2.24, 2.45) is 0 Å². The number of ether oxygens (including phenoxy) is 1. The molecule has 3 rings (SSSR count). The number of aliphatic hydroxyl groups is 1. The second-order valence-corrected chi connectivity index (χ2v) is 5.12. The fourth-order valence-corrected chi connectivity index (χ4v) is 2.93. The van der Waals surface area contributed by atoms with Gasteiger partial charge in [-0.1, -0.05) is 30.3 Å². The number of fused-ring (bicyclic) bond motifs is 1. The van der Waals surface area contributed by atoms with Crippen LogP contribution in [0, 0.1) is 0 Å². The first kappa shape index (κ1) is 12.1. The Morgan fingerprint density at radius 2 is 2.06 bits per heavy atom. The molecule has 98 valence electrons. The molecule has 0 radical (unpaired) electrons. The van der Waals surface area contributed by atoms with Crippen LogP contribution in [0.25, 0.3) is 0 Å². The van der Waals surface area contributed by atoms with E-state index >= 15 is 0 Å². The summed E-state index contributed by atoms with van der Waals surface area (Å²) >= 11 is 0. The molecule has 0 amide bonds. The van der Waals surface area contributed by atoms with Crippen LogP contribution in [0.5, 0.6) is 0 Å². The fourth-order valence-electron chi connectivity index (χ4n) is 2.93. The molecule has 1 N–H and O–H groups in total. The molecule has 4 heteroatoms. The van der Waals surface area contributed by atoms with E-state index in [2.05, 4.69) is 19.1 Å². The molecular formula is C14H19NO3. The van der Waals surface area contributed by atoms with Crippen LogP contribution in [0.15, 0.2) is 30.3 Å². The second kappa shape index (κ2) is 4.63. The highest BCUT2D eigenvalue weighted by Crippen LogP contribution is 2.39. The van der Waals surface area contributed by atoms with Crippen LogP contribution in [0.4, 0.5) is 0 Å². The number of rotatable bonds is 2. The lowest BCUT2D eigenvalue weighted by Crippen LogP contribution is -2.33. The summed E-state index contributed by atoms with van der Waals surface area (Å²) in [6.45, 7) is 4.11. The van der Waals surface area contributed by atoms with Crippen molar-refractivity contribution in [1.29, 1.82) is 0 Å². The summed E-state index contributed by atoms with van der Waals surface area (Å²) < 4.78 is 5.50. The number of nitrogens with zero attached hydrogens (tertiary/aromatic N) is 1. The van der Waals surface area contributed by atoms with Crippen LogP contribution in [-0.2, 0) is 9.57 Å². The molecule has 2 aliphatic rings. The van der Waals surface area contributed by atoms with Gasteiger partial charge in [0.25, 0.3) is 0 Å². The van der Waals surface area contributed by atoms with Gasteiger partial charge >= 0.3 is 0 Å². The van der Waals surface area contributed by atoms with Crippen molar-refractivity contribution in [3.8, 4) is 0 Å². The largest absolute Gasteiger partial charge is 0.368 e. The highest BCUT2D eigenvalue weighted by atomic mass is 16.7. The van der Waals surface area contributed by atoms with Crippen molar-refractivity contribution >= 4 is 0 Å². The van der Waals surface area contributed by atoms with Crippen LogP contribution in [0.3, 0.4) is 0 Å². The molecule has 1 unspecified atom stereocenters. The molecular weight excluding hydrogens is 230 g/mol. The van der Waals surface area contributed by atoms with Gasteiger partial charge in [0.15, 0.2) is 6.29 Å². The Bertz CT molecular complexity index is 411. The Kier molecular flexibility index (Phi) is 3.11. The van der Waals surface area contributed by atoms with Gasteiger partial charge in [-0.2, -0.15) is 5.06 Å². The smallest absolute Gasteiger partial charge is 0.156 e. The lowest BCUT2D eigenvalue weighted by atomic mass is 10.0. The zero-order chi connectivity index (χ0) is 12.7. The predicted molar refractivity (Wildman–Crippen MR) is 66.5 cm³/mol. The third-order valence-corrected chi connectivity index (χ3v) is 3.88. The Balaban J connectivity index is 1.81. The van der Waals surface area contributed by atoms with Gasteiger partial charge in [-0.25, -0.2) is 0 Å². The molecule has 0 aromatic heterocycles. The monoisotopic (exact) mass is 249 g/mol. The lowest BCUT2D eigenvalue weighted by Gasteiger charge is -2.27. The first-order chi connectivity index (χ1) is 8.66. The molecule has 2 heterocycles.